The van der Waals surface area contributed by atoms with E-state index in [2.05, 4.69) is 16.8 Å². The number of nitrogens with zero attached hydrogens (tertiary/aromatic N) is 2. The van der Waals surface area contributed by atoms with Crippen molar-refractivity contribution < 1.29 is 29.5 Å². The van der Waals surface area contributed by atoms with Crippen LogP contribution in [0, 0.1) is 0 Å². The fraction of sp³-hybridized carbons (Fsp3) is 0.571. The molecule has 8 nitrogen and oxygen atoms in total. The van der Waals surface area contributed by atoms with Crippen molar-refractivity contribution in [3.05, 3.63) is 64.2 Å². The molecule has 0 bridgehead atoms. The molecule has 0 unspecified atom stereocenters. The molecule has 2 fully saturated rings. The predicted molar refractivity (Wildman–Crippen MR) is 142 cm³/mol. The van der Waals surface area contributed by atoms with Crippen LogP contribution in [0.4, 0.5) is 0 Å². The summed E-state index contributed by atoms with van der Waals surface area (Å²) in [5.74, 6) is 0.796. The molecule has 2 heterocycles. The Morgan fingerprint density at radius 3 is 2.49 bits per heavy atom. The Hall–Kier alpha value is -1.75. The lowest BCUT2D eigenvalue weighted by Crippen LogP contribution is -2.47. The average molecular weight is 535 g/mol. The first kappa shape index (κ1) is 28.3. The summed E-state index contributed by atoms with van der Waals surface area (Å²) in [4.78, 5) is 4.78. The molecular weight excluding hydrogens is 496 g/mol. The molecule has 0 amide bonds. The number of hydrogen-bond acceptors (Lipinski definition) is 8. The smallest absolute Gasteiger partial charge is 0.119 e. The number of aliphatic hydroxyl groups excluding tert-OH is 3. The average Bonchev–Trinajstić information content (AvgIpc) is 2.91. The monoisotopic (exact) mass is 534 g/mol. The molecule has 2 aromatic carbocycles. The number of halogens is 1. The molecule has 3 N–H and O–H groups in total. The molecule has 2 aliphatic heterocycles. The zero-order valence-corrected chi connectivity index (χ0v) is 22.2. The highest BCUT2D eigenvalue weighted by atomic mass is 35.5. The van der Waals surface area contributed by atoms with Crippen LogP contribution in [0.25, 0.3) is 0 Å². The van der Waals surface area contributed by atoms with Gasteiger partial charge in [0, 0.05) is 44.2 Å². The number of rotatable bonds is 11. The second-order valence-electron chi connectivity index (χ2n) is 9.92. The summed E-state index contributed by atoms with van der Waals surface area (Å²) < 4.78 is 17.4. The first-order valence-corrected chi connectivity index (χ1v) is 13.4. The lowest BCUT2D eigenvalue weighted by molar-refractivity contribution is -0.181. The highest BCUT2D eigenvalue weighted by Crippen LogP contribution is 2.34. The van der Waals surface area contributed by atoms with E-state index in [1.165, 1.54) is 0 Å². The largest absolute Gasteiger partial charge is 0.491 e. The number of ether oxygens (including phenoxy) is 3. The Kier molecular flexibility index (Phi) is 10.6. The molecule has 0 aromatic heterocycles. The van der Waals surface area contributed by atoms with E-state index in [0.29, 0.717) is 24.7 Å². The van der Waals surface area contributed by atoms with Crippen molar-refractivity contribution in [3.8, 4) is 5.75 Å². The van der Waals surface area contributed by atoms with Crippen LogP contribution >= 0.6 is 11.6 Å². The van der Waals surface area contributed by atoms with Gasteiger partial charge >= 0.3 is 0 Å². The van der Waals surface area contributed by atoms with Crippen LogP contribution in [0.1, 0.15) is 29.2 Å². The van der Waals surface area contributed by atoms with Gasteiger partial charge in [-0.15, -0.1) is 0 Å². The van der Waals surface area contributed by atoms with Crippen molar-refractivity contribution in [2.75, 3.05) is 66.2 Å². The maximum Gasteiger partial charge on any atom is 0.119 e. The molecule has 37 heavy (non-hydrogen) atoms. The fourth-order valence-corrected chi connectivity index (χ4v) is 4.94. The third-order valence-corrected chi connectivity index (χ3v) is 7.52. The van der Waals surface area contributed by atoms with Crippen LogP contribution in [0.2, 0.25) is 5.02 Å². The summed E-state index contributed by atoms with van der Waals surface area (Å²) >= 11 is 6.48. The Labute approximate surface area is 224 Å². The topological polar surface area (TPSA) is 94.9 Å². The van der Waals surface area contributed by atoms with E-state index >= 15 is 0 Å². The summed E-state index contributed by atoms with van der Waals surface area (Å²) in [6.45, 7) is 6.83. The van der Waals surface area contributed by atoms with Crippen LogP contribution in [-0.2, 0) is 15.9 Å². The van der Waals surface area contributed by atoms with E-state index in [-0.39, 0.29) is 13.0 Å². The molecule has 0 saturated carbocycles. The van der Waals surface area contributed by atoms with Crippen LogP contribution in [0.15, 0.2) is 42.5 Å². The Morgan fingerprint density at radius 2 is 1.76 bits per heavy atom. The molecule has 0 aliphatic carbocycles. The van der Waals surface area contributed by atoms with Crippen LogP contribution in [0.5, 0.6) is 5.75 Å². The van der Waals surface area contributed by atoms with Crippen molar-refractivity contribution in [3.63, 3.8) is 0 Å². The van der Waals surface area contributed by atoms with Crippen molar-refractivity contribution in [1.29, 1.82) is 0 Å². The van der Waals surface area contributed by atoms with E-state index in [1.807, 2.05) is 42.5 Å². The molecule has 0 spiro atoms. The number of piperazine rings is 1. The third kappa shape index (κ3) is 8.12. The molecule has 2 aromatic rings. The molecule has 9 heteroatoms. The Balaban J connectivity index is 1.22. The van der Waals surface area contributed by atoms with Gasteiger partial charge < -0.3 is 34.4 Å². The molecule has 2 aliphatic rings. The molecule has 2 saturated heterocycles. The Bertz CT molecular complexity index is 970. The summed E-state index contributed by atoms with van der Waals surface area (Å²) in [6, 6.07) is 13.6. The van der Waals surface area contributed by atoms with Gasteiger partial charge in [0.05, 0.1) is 32.0 Å². The third-order valence-electron chi connectivity index (χ3n) is 7.15. The number of aliphatic hydroxyl groups is 3. The summed E-state index contributed by atoms with van der Waals surface area (Å²) in [7, 11) is 2.16. The minimum atomic E-state index is -1.10. The maximum atomic E-state index is 10.2. The highest BCUT2D eigenvalue weighted by Gasteiger charge is 2.37. The van der Waals surface area contributed by atoms with Crippen LogP contribution in [-0.4, -0.2) is 110 Å². The fourth-order valence-electron chi connectivity index (χ4n) is 4.76. The first-order valence-electron chi connectivity index (χ1n) is 13.0. The van der Waals surface area contributed by atoms with E-state index < -0.39 is 24.4 Å². The standard InChI is InChI=1S/C28H39ClN2O6/c1-30-8-10-31(11-9-30)12-13-35-14-15-36-23-5-2-20(3-6-23)16-22-17-21(4-7-24(22)29)26-18-25(33)28(34)27(19-32)37-26/h2-7,17,25-28,32-34H,8-16,18-19H2,1H3/t25-,26+,27-,28+/m1/s1. The second-order valence-corrected chi connectivity index (χ2v) is 10.3. The normalized spacial score (nSPS) is 25.3. The maximum absolute atomic E-state index is 10.2. The van der Waals surface area contributed by atoms with Gasteiger partial charge in [-0.1, -0.05) is 35.9 Å². The molecule has 204 valence electrons. The number of benzene rings is 2. The zero-order chi connectivity index (χ0) is 26.2. The zero-order valence-electron chi connectivity index (χ0n) is 21.5. The Morgan fingerprint density at radius 1 is 1.00 bits per heavy atom. The van der Waals surface area contributed by atoms with Gasteiger partial charge in [0.15, 0.2) is 0 Å². The first-order chi connectivity index (χ1) is 17.9. The number of likely N-dealkylation sites (N-methyl/N-ethyl adjacent to an activating group) is 1. The van der Waals surface area contributed by atoms with Crippen molar-refractivity contribution >= 4 is 11.6 Å². The van der Waals surface area contributed by atoms with Crippen molar-refractivity contribution in [2.45, 2.75) is 37.3 Å². The molecule has 0 radical (unpaired) electrons. The molecule has 4 atom stereocenters. The summed E-state index contributed by atoms with van der Waals surface area (Å²) in [5.41, 5.74) is 2.88. The van der Waals surface area contributed by atoms with Gasteiger partial charge in [-0.2, -0.15) is 0 Å². The lowest BCUT2D eigenvalue weighted by atomic mass is 9.92. The second kappa shape index (κ2) is 13.9. The van der Waals surface area contributed by atoms with E-state index in [9.17, 15) is 15.3 Å². The van der Waals surface area contributed by atoms with Crippen LogP contribution in [0.3, 0.4) is 0 Å². The van der Waals surface area contributed by atoms with E-state index in [4.69, 9.17) is 25.8 Å². The number of hydrogen-bond donors (Lipinski definition) is 3. The minimum Gasteiger partial charge on any atom is -0.491 e. The molecule has 4 rings (SSSR count). The van der Waals surface area contributed by atoms with Gasteiger partial charge in [-0.05, 0) is 48.4 Å². The van der Waals surface area contributed by atoms with Gasteiger partial charge in [-0.3, -0.25) is 4.90 Å². The quantitative estimate of drug-likeness (QED) is 0.377. The van der Waals surface area contributed by atoms with E-state index in [1.54, 1.807) is 0 Å². The van der Waals surface area contributed by atoms with E-state index in [0.717, 1.165) is 61.8 Å². The van der Waals surface area contributed by atoms with Gasteiger partial charge in [0.25, 0.3) is 0 Å². The minimum absolute atomic E-state index is 0.254. The van der Waals surface area contributed by atoms with Crippen LogP contribution < -0.4 is 4.74 Å². The predicted octanol–water partition coefficient (Wildman–Crippen LogP) is 2.12. The summed E-state index contributed by atoms with van der Waals surface area (Å²) in [6.07, 6.45) is -2.41. The van der Waals surface area contributed by atoms with Crippen molar-refractivity contribution in [2.24, 2.45) is 0 Å². The van der Waals surface area contributed by atoms with Gasteiger partial charge in [-0.25, -0.2) is 0 Å². The van der Waals surface area contributed by atoms with Gasteiger partial charge in [0.2, 0.25) is 0 Å². The van der Waals surface area contributed by atoms with Gasteiger partial charge in [0.1, 0.15) is 24.6 Å². The highest BCUT2D eigenvalue weighted by molar-refractivity contribution is 6.31. The lowest BCUT2D eigenvalue weighted by Gasteiger charge is -2.36. The summed E-state index contributed by atoms with van der Waals surface area (Å²) in [5, 5.41) is 30.3. The SMILES string of the molecule is CN1CCN(CCOCCOc2ccc(Cc3cc([C@@H]4C[C@@H](O)[C@H](O)[C@@H](CO)O4)ccc3Cl)cc2)CC1. The molecular formula is C28H39ClN2O6. The van der Waals surface area contributed by atoms with Crippen molar-refractivity contribution in [1.82, 2.24) is 9.80 Å².